The van der Waals surface area contributed by atoms with Crippen molar-refractivity contribution in [2.24, 2.45) is 5.73 Å². The van der Waals surface area contributed by atoms with Gasteiger partial charge in [0.25, 0.3) is 0 Å². The lowest BCUT2D eigenvalue weighted by Gasteiger charge is -2.52. The van der Waals surface area contributed by atoms with Crippen LogP contribution in [0.5, 0.6) is 0 Å². The van der Waals surface area contributed by atoms with E-state index in [1.165, 1.54) is 38.8 Å². The van der Waals surface area contributed by atoms with Gasteiger partial charge in [0.2, 0.25) is 0 Å². The number of hydrogen-bond acceptors (Lipinski definition) is 4. The molecule has 112 valence electrons. The van der Waals surface area contributed by atoms with Crippen molar-refractivity contribution in [2.45, 2.75) is 57.2 Å². The number of nitrogens with two attached hydrogens (primary N) is 1. The summed E-state index contributed by atoms with van der Waals surface area (Å²) >= 11 is 0. The summed E-state index contributed by atoms with van der Waals surface area (Å²) in [5.74, 6) is 0. The monoisotopic (exact) mass is 269 g/mol. The van der Waals surface area contributed by atoms with Crippen molar-refractivity contribution in [3.63, 3.8) is 0 Å². The van der Waals surface area contributed by atoms with E-state index in [0.29, 0.717) is 6.04 Å². The molecule has 4 heteroatoms. The lowest BCUT2D eigenvalue weighted by atomic mass is 9.80. The Bertz CT molecular complexity index is 287. The molecule has 0 aliphatic carbocycles. The van der Waals surface area contributed by atoms with Crippen molar-refractivity contribution >= 4 is 0 Å². The summed E-state index contributed by atoms with van der Waals surface area (Å²) in [6.45, 7) is 9.68. The minimum absolute atomic E-state index is 0.193. The van der Waals surface area contributed by atoms with E-state index in [4.69, 9.17) is 10.5 Å². The highest BCUT2D eigenvalue weighted by Gasteiger charge is 2.45. The molecule has 2 aliphatic heterocycles. The molecular weight excluding hydrogens is 238 g/mol. The minimum atomic E-state index is 0.193. The smallest absolute Gasteiger partial charge is 0.0615 e. The molecule has 2 aliphatic rings. The fourth-order valence-electron chi connectivity index (χ4n) is 4.32. The second-order valence-electron chi connectivity index (χ2n) is 6.30. The van der Waals surface area contributed by atoms with E-state index in [-0.39, 0.29) is 5.54 Å². The topological polar surface area (TPSA) is 41.7 Å². The molecule has 0 aromatic heterocycles. The number of likely N-dealkylation sites (N-methyl/N-ethyl adjacent to an activating group) is 1. The van der Waals surface area contributed by atoms with Crippen LogP contribution in [-0.4, -0.2) is 67.3 Å². The number of rotatable bonds is 6. The molecule has 0 radical (unpaired) electrons. The summed E-state index contributed by atoms with van der Waals surface area (Å²) in [4.78, 5) is 5.27. The van der Waals surface area contributed by atoms with Crippen LogP contribution in [0.15, 0.2) is 0 Å². The van der Waals surface area contributed by atoms with Gasteiger partial charge in [-0.15, -0.1) is 0 Å². The zero-order valence-corrected chi connectivity index (χ0v) is 12.9. The van der Waals surface area contributed by atoms with Crippen LogP contribution in [0.4, 0.5) is 0 Å². The Labute approximate surface area is 118 Å². The van der Waals surface area contributed by atoms with Crippen LogP contribution < -0.4 is 5.73 Å². The number of ether oxygens (including phenoxy) is 1. The summed E-state index contributed by atoms with van der Waals surface area (Å²) in [5, 5.41) is 0. The highest BCUT2D eigenvalue weighted by molar-refractivity contribution is 5.02. The van der Waals surface area contributed by atoms with Gasteiger partial charge in [-0.25, -0.2) is 0 Å². The lowest BCUT2D eigenvalue weighted by molar-refractivity contribution is -0.0281. The van der Waals surface area contributed by atoms with Gasteiger partial charge in [0.05, 0.1) is 6.61 Å². The lowest BCUT2D eigenvalue weighted by Crippen LogP contribution is -2.63. The first-order chi connectivity index (χ1) is 9.16. The SMILES string of the molecule is CCN(C(C)COC)C1(CN)CCN2CCCC2C1. The molecule has 4 nitrogen and oxygen atoms in total. The average molecular weight is 269 g/mol. The third-order valence-electron chi connectivity index (χ3n) is 5.25. The van der Waals surface area contributed by atoms with Gasteiger partial charge in [-0.3, -0.25) is 4.90 Å². The standard InChI is InChI=1S/C15H31N3O/c1-4-18(13(2)11-19-3)15(12-16)7-9-17-8-5-6-14(17)10-15/h13-14H,4-12,16H2,1-3H3. The first kappa shape index (κ1) is 15.2. The summed E-state index contributed by atoms with van der Waals surface area (Å²) in [7, 11) is 1.79. The van der Waals surface area contributed by atoms with Gasteiger partial charge in [-0.05, 0) is 45.7 Å². The molecule has 2 heterocycles. The van der Waals surface area contributed by atoms with Crippen molar-refractivity contribution in [2.75, 3.05) is 39.9 Å². The van der Waals surface area contributed by atoms with Crippen LogP contribution in [0, 0.1) is 0 Å². The van der Waals surface area contributed by atoms with Crippen molar-refractivity contribution in [1.29, 1.82) is 0 Å². The van der Waals surface area contributed by atoms with E-state index in [0.717, 1.165) is 25.7 Å². The van der Waals surface area contributed by atoms with Crippen LogP contribution in [-0.2, 0) is 4.74 Å². The number of fused-ring (bicyclic) bond motifs is 1. The molecule has 2 rings (SSSR count). The number of piperidine rings is 1. The van der Waals surface area contributed by atoms with E-state index in [9.17, 15) is 0 Å². The van der Waals surface area contributed by atoms with E-state index in [1.807, 2.05) is 0 Å². The molecule has 2 fully saturated rings. The van der Waals surface area contributed by atoms with E-state index in [1.54, 1.807) is 7.11 Å². The molecule has 19 heavy (non-hydrogen) atoms. The maximum Gasteiger partial charge on any atom is 0.0615 e. The van der Waals surface area contributed by atoms with E-state index >= 15 is 0 Å². The van der Waals surface area contributed by atoms with Gasteiger partial charge in [-0.2, -0.15) is 0 Å². The largest absolute Gasteiger partial charge is 0.383 e. The fraction of sp³-hybridized carbons (Fsp3) is 1.00. The quantitative estimate of drug-likeness (QED) is 0.789. The summed E-state index contributed by atoms with van der Waals surface area (Å²) in [5.41, 5.74) is 6.42. The molecule has 2 N–H and O–H groups in total. The summed E-state index contributed by atoms with van der Waals surface area (Å²) in [6.07, 6.45) is 5.18. The van der Waals surface area contributed by atoms with Crippen LogP contribution in [0.1, 0.15) is 39.5 Å². The van der Waals surface area contributed by atoms with Gasteiger partial charge < -0.3 is 15.4 Å². The molecular formula is C15H31N3O. The molecule has 0 saturated carbocycles. The van der Waals surface area contributed by atoms with Gasteiger partial charge >= 0.3 is 0 Å². The molecule has 0 bridgehead atoms. The Morgan fingerprint density at radius 3 is 2.89 bits per heavy atom. The molecule has 2 saturated heterocycles. The Kier molecular flexibility index (Phi) is 5.23. The van der Waals surface area contributed by atoms with Crippen LogP contribution >= 0.6 is 0 Å². The van der Waals surface area contributed by atoms with Crippen molar-refractivity contribution in [1.82, 2.24) is 9.80 Å². The molecule has 0 spiro atoms. The zero-order valence-electron chi connectivity index (χ0n) is 12.9. The van der Waals surface area contributed by atoms with Crippen molar-refractivity contribution in [3.8, 4) is 0 Å². The van der Waals surface area contributed by atoms with Gasteiger partial charge in [0, 0.05) is 37.8 Å². The third-order valence-corrected chi connectivity index (χ3v) is 5.25. The van der Waals surface area contributed by atoms with Crippen LogP contribution in [0.2, 0.25) is 0 Å². The Morgan fingerprint density at radius 2 is 2.26 bits per heavy atom. The molecule has 0 aromatic rings. The highest BCUT2D eigenvalue weighted by atomic mass is 16.5. The number of hydrogen-bond donors (Lipinski definition) is 1. The second kappa shape index (κ2) is 6.53. The first-order valence-electron chi connectivity index (χ1n) is 7.86. The van der Waals surface area contributed by atoms with Crippen molar-refractivity contribution < 1.29 is 4.74 Å². The minimum Gasteiger partial charge on any atom is -0.383 e. The van der Waals surface area contributed by atoms with Gasteiger partial charge in [-0.1, -0.05) is 6.92 Å². The van der Waals surface area contributed by atoms with E-state index in [2.05, 4.69) is 23.6 Å². The highest BCUT2D eigenvalue weighted by Crippen LogP contribution is 2.37. The molecule has 3 atom stereocenters. The first-order valence-corrected chi connectivity index (χ1v) is 7.86. The molecule has 0 amide bonds. The zero-order chi connectivity index (χ0) is 13.9. The van der Waals surface area contributed by atoms with Crippen LogP contribution in [0.3, 0.4) is 0 Å². The summed E-state index contributed by atoms with van der Waals surface area (Å²) in [6, 6.07) is 1.22. The Morgan fingerprint density at radius 1 is 1.47 bits per heavy atom. The second-order valence-corrected chi connectivity index (χ2v) is 6.30. The molecule has 3 unspecified atom stereocenters. The van der Waals surface area contributed by atoms with E-state index < -0.39 is 0 Å². The fourth-order valence-corrected chi connectivity index (χ4v) is 4.32. The average Bonchev–Trinajstić information content (AvgIpc) is 2.87. The maximum atomic E-state index is 6.23. The predicted molar refractivity (Wildman–Crippen MR) is 79.3 cm³/mol. The third kappa shape index (κ3) is 2.97. The normalized spacial score (nSPS) is 33.6. The number of nitrogens with zero attached hydrogens (tertiary/aromatic N) is 2. The maximum absolute atomic E-state index is 6.23. The molecule has 0 aromatic carbocycles. The van der Waals surface area contributed by atoms with Crippen LogP contribution in [0.25, 0.3) is 0 Å². The Hall–Kier alpha value is -0.160. The van der Waals surface area contributed by atoms with Gasteiger partial charge in [0.15, 0.2) is 0 Å². The van der Waals surface area contributed by atoms with Crippen molar-refractivity contribution in [3.05, 3.63) is 0 Å². The van der Waals surface area contributed by atoms with Gasteiger partial charge in [0.1, 0.15) is 0 Å². The predicted octanol–water partition coefficient (Wildman–Crippen LogP) is 1.30. The number of methoxy groups -OCH3 is 1. The Balaban J connectivity index is 2.11. The summed E-state index contributed by atoms with van der Waals surface area (Å²) < 4.78 is 5.36.